The number of esters is 1. The Bertz CT molecular complexity index is 1680. The Morgan fingerprint density at radius 1 is 0.884 bits per heavy atom. The van der Waals surface area contributed by atoms with Crippen molar-refractivity contribution in [3.8, 4) is 28.7 Å². The second-order valence-corrected chi connectivity index (χ2v) is 12.1. The molecule has 1 fully saturated rings. The second-order valence-electron chi connectivity index (χ2n) is 10.5. The number of methoxy groups -OCH3 is 3. The molecule has 1 aliphatic carbocycles. The summed E-state index contributed by atoms with van der Waals surface area (Å²) in [6, 6.07) is 11.5. The van der Waals surface area contributed by atoms with Crippen LogP contribution >= 0.6 is 0 Å². The molecular formula is C30H30N2O10S. The highest BCUT2D eigenvalue weighted by molar-refractivity contribution is 7.90. The predicted octanol–water partition coefficient (Wildman–Crippen LogP) is 3.41. The molecule has 0 bridgehead atoms. The van der Waals surface area contributed by atoms with E-state index in [-0.39, 0.29) is 18.3 Å². The van der Waals surface area contributed by atoms with Gasteiger partial charge >= 0.3 is 12.0 Å². The number of fused-ring (bicyclic) bond motifs is 3. The number of carbonyl (C=O) groups excluding carboxylic acids is 2. The quantitative estimate of drug-likeness (QED) is 0.382. The lowest BCUT2D eigenvalue weighted by Crippen LogP contribution is -2.47. The van der Waals surface area contributed by atoms with Gasteiger partial charge in [0.1, 0.15) is 0 Å². The summed E-state index contributed by atoms with van der Waals surface area (Å²) in [5.41, 5.74) is 2.86. The van der Waals surface area contributed by atoms with Crippen LogP contribution in [0.4, 0.5) is 4.79 Å². The van der Waals surface area contributed by atoms with E-state index < -0.39 is 45.8 Å². The lowest BCUT2D eigenvalue weighted by molar-refractivity contribution is -0.141. The van der Waals surface area contributed by atoms with E-state index in [4.69, 9.17) is 28.4 Å². The molecule has 2 aliphatic heterocycles. The van der Waals surface area contributed by atoms with E-state index >= 15 is 0 Å². The van der Waals surface area contributed by atoms with Crippen molar-refractivity contribution in [3.63, 3.8) is 0 Å². The average Bonchev–Trinajstić information content (AvgIpc) is 3.61. The highest BCUT2D eigenvalue weighted by Crippen LogP contribution is 2.55. The molecule has 3 aromatic rings. The Morgan fingerprint density at radius 3 is 2.12 bits per heavy atom. The zero-order valence-electron chi connectivity index (χ0n) is 23.8. The molecule has 12 nitrogen and oxygen atoms in total. The van der Waals surface area contributed by atoms with Crippen LogP contribution in [0.2, 0.25) is 0 Å². The SMILES string of the molecule is COc1cc([C@@H]2c3cc4c(cc3[C@@H](NC(=O)NS(=O)(=O)c3ccc(C)cc3)[C@H]3COC(=O)[C@H]23)OCO4)cc(OC)c1OC. The van der Waals surface area contributed by atoms with E-state index in [0.29, 0.717) is 45.4 Å². The Balaban J connectivity index is 1.43. The standard InChI is InChI=1S/C30H30N2O10S/c1-15-5-7-17(8-6-15)43(35,36)32-30(34)31-27-19-12-22-21(41-14-42-22)11-18(19)25(26-20(27)13-40-29(26)33)16-9-23(37-2)28(39-4)24(10-16)38-3/h5-12,20,25-27H,13-14H2,1-4H3,(H2,31,32,34)/t20-,25+,26-,27+/m0/s1. The van der Waals surface area contributed by atoms with Gasteiger partial charge in [0.05, 0.1) is 44.8 Å². The molecule has 2 amide bonds. The van der Waals surface area contributed by atoms with Crippen molar-refractivity contribution in [1.82, 2.24) is 10.0 Å². The van der Waals surface area contributed by atoms with E-state index in [1.54, 1.807) is 36.4 Å². The molecule has 6 rings (SSSR count). The number of carbonyl (C=O) groups is 2. The maximum atomic E-state index is 13.4. The third-order valence-electron chi connectivity index (χ3n) is 8.08. The Morgan fingerprint density at radius 2 is 1.51 bits per heavy atom. The molecule has 0 spiro atoms. The largest absolute Gasteiger partial charge is 0.493 e. The molecule has 0 saturated carbocycles. The Labute approximate surface area is 248 Å². The van der Waals surface area contributed by atoms with Gasteiger partial charge in [-0.05, 0) is 60.0 Å². The van der Waals surface area contributed by atoms with Crippen LogP contribution in [0.1, 0.15) is 34.2 Å². The monoisotopic (exact) mass is 610 g/mol. The number of cyclic esters (lactones) is 1. The van der Waals surface area contributed by atoms with Crippen molar-refractivity contribution in [1.29, 1.82) is 0 Å². The maximum Gasteiger partial charge on any atom is 0.329 e. The molecule has 0 radical (unpaired) electrons. The molecule has 2 heterocycles. The van der Waals surface area contributed by atoms with Crippen molar-refractivity contribution in [2.75, 3.05) is 34.7 Å². The van der Waals surface area contributed by atoms with Crippen LogP contribution in [0.15, 0.2) is 53.4 Å². The predicted molar refractivity (Wildman–Crippen MR) is 151 cm³/mol. The minimum atomic E-state index is -4.17. The topological polar surface area (TPSA) is 148 Å². The molecule has 3 aliphatic rings. The van der Waals surface area contributed by atoms with E-state index in [2.05, 4.69) is 10.0 Å². The summed E-state index contributed by atoms with van der Waals surface area (Å²) < 4.78 is 61.5. The highest BCUT2D eigenvalue weighted by atomic mass is 32.2. The molecule has 43 heavy (non-hydrogen) atoms. The lowest BCUT2D eigenvalue weighted by Gasteiger charge is -2.39. The lowest BCUT2D eigenvalue weighted by atomic mass is 9.65. The van der Waals surface area contributed by atoms with Crippen molar-refractivity contribution in [2.24, 2.45) is 11.8 Å². The number of hydrogen-bond acceptors (Lipinski definition) is 10. The molecule has 0 unspecified atom stereocenters. The zero-order chi connectivity index (χ0) is 30.5. The van der Waals surface area contributed by atoms with E-state index in [9.17, 15) is 18.0 Å². The average molecular weight is 611 g/mol. The zero-order valence-corrected chi connectivity index (χ0v) is 24.6. The molecule has 4 atom stereocenters. The molecule has 0 aromatic heterocycles. The Hall–Kier alpha value is -4.65. The van der Waals surface area contributed by atoms with E-state index in [1.165, 1.54) is 33.5 Å². The first-order valence-electron chi connectivity index (χ1n) is 13.4. The van der Waals surface area contributed by atoms with Gasteiger partial charge in [0, 0.05) is 11.8 Å². The van der Waals surface area contributed by atoms with Crippen LogP contribution in [0.3, 0.4) is 0 Å². The minimum absolute atomic E-state index is 0.00790. The van der Waals surface area contributed by atoms with Gasteiger partial charge in [-0.1, -0.05) is 17.7 Å². The first-order chi connectivity index (χ1) is 20.6. The number of amides is 2. The summed E-state index contributed by atoms with van der Waals surface area (Å²) in [6.07, 6.45) is 0. The summed E-state index contributed by atoms with van der Waals surface area (Å²) in [5.74, 6) is -0.149. The Kier molecular flexibility index (Phi) is 7.20. The number of hydrogen-bond donors (Lipinski definition) is 2. The number of aryl methyl sites for hydroxylation is 1. The highest BCUT2D eigenvalue weighted by Gasteiger charge is 2.53. The number of benzene rings is 3. The molecule has 226 valence electrons. The smallest absolute Gasteiger partial charge is 0.329 e. The van der Waals surface area contributed by atoms with Crippen LogP contribution in [0.5, 0.6) is 28.7 Å². The number of ether oxygens (including phenoxy) is 6. The van der Waals surface area contributed by atoms with Crippen molar-refractivity contribution < 1.29 is 46.4 Å². The first kappa shape index (κ1) is 28.5. The first-order valence-corrected chi connectivity index (χ1v) is 14.9. The number of nitrogens with one attached hydrogen (secondary N) is 2. The van der Waals surface area contributed by atoms with Gasteiger partial charge in [-0.25, -0.2) is 17.9 Å². The fraction of sp³-hybridized carbons (Fsp3) is 0.333. The van der Waals surface area contributed by atoms with Gasteiger partial charge in [0.25, 0.3) is 10.0 Å². The fourth-order valence-corrected chi connectivity index (χ4v) is 7.01. The number of urea groups is 1. The summed E-state index contributed by atoms with van der Waals surface area (Å²) in [5, 5.41) is 2.80. The molecule has 3 aromatic carbocycles. The summed E-state index contributed by atoms with van der Waals surface area (Å²) in [6.45, 7) is 1.85. The van der Waals surface area contributed by atoms with Crippen LogP contribution in [0.25, 0.3) is 0 Å². The summed E-state index contributed by atoms with van der Waals surface area (Å²) in [7, 11) is 0.342. The van der Waals surface area contributed by atoms with Crippen LogP contribution < -0.4 is 33.7 Å². The third kappa shape index (κ3) is 4.92. The maximum absolute atomic E-state index is 13.4. The van der Waals surface area contributed by atoms with Crippen molar-refractivity contribution in [3.05, 3.63) is 70.8 Å². The number of sulfonamides is 1. The third-order valence-corrected chi connectivity index (χ3v) is 9.43. The van der Waals surface area contributed by atoms with E-state index in [1.807, 2.05) is 6.92 Å². The second kappa shape index (κ2) is 10.9. The van der Waals surface area contributed by atoms with Gasteiger partial charge in [0.2, 0.25) is 12.5 Å². The van der Waals surface area contributed by atoms with Crippen molar-refractivity contribution in [2.45, 2.75) is 23.8 Å². The minimum Gasteiger partial charge on any atom is -0.493 e. The fourth-order valence-electron chi connectivity index (χ4n) is 6.10. The molecule has 2 N–H and O–H groups in total. The van der Waals surface area contributed by atoms with Gasteiger partial charge in [0.15, 0.2) is 23.0 Å². The van der Waals surface area contributed by atoms with Gasteiger partial charge in [-0.15, -0.1) is 0 Å². The summed E-state index contributed by atoms with van der Waals surface area (Å²) >= 11 is 0. The van der Waals surface area contributed by atoms with Gasteiger partial charge < -0.3 is 33.7 Å². The molecule has 13 heteroatoms. The van der Waals surface area contributed by atoms with Crippen LogP contribution in [0, 0.1) is 18.8 Å². The van der Waals surface area contributed by atoms with Crippen LogP contribution in [-0.2, 0) is 19.6 Å². The number of rotatable bonds is 7. The molecule has 1 saturated heterocycles. The summed E-state index contributed by atoms with van der Waals surface area (Å²) in [4.78, 5) is 26.5. The van der Waals surface area contributed by atoms with Gasteiger partial charge in [-0.3, -0.25) is 4.79 Å². The van der Waals surface area contributed by atoms with E-state index in [0.717, 1.165) is 5.56 Å². The van der Waals surface area contributed by atoms with Gasteiger partial charge in [-0.2, -0.15) is 0 Å². The normalized spacial score (nSPS) is 21.7. The molecular weight excluding hydrogens is 580 g/mol. The van der Waals surface area contributed by atoms with Crippen LogP contribution in [-0.4, -0.2) is 55.1 Å². The van der Waals surface area contributed by atoms with Crippen molar-refractivity contribution >= 4 is 22.0 Å².